The standard InChI is InChI=1S/2C9H8O4.Ba/c2*10-7-3-1-6(5-8(7)11)2-4-9(12)13;/h2*1-5,10-11H,(H,12,13);/q;;+2/p-2/b2*4-2+;. The fraction of sp³-hybridized carbons (Fsp3) is 0. The van der Waals surface area contributed by atoms with Gasteiger partial charge in [0, 0.05) is 0 Å². The second-order valence-corrected chi connectivity index (χ2v) is 4.80. The molecule has 2 aromatic rings. The minimum absolute atomic E-state index is 0. The summed E-state index contributed by atoms with van der Waals surface area (Å²) in [5, 5.41) is 55.9. The van der Waals surface area contributed by atoms with Crippen LogP contribution in [0, 0.1) is 0 Å². The monoisotopic (exact) mass is 496 g/mol. The Kier molecular flexibility index (Phi) is 11.0. The third kappa shape index (κ3) is 9.78. The number of benzene rings is 2. The molecule has 0 heterocycles. The summed E-state index contributed by atoms with van der Waals surface area (Å²) in [7, 11) is 0. The van der Waals surface area contributed by atoms with Gasteiger partial charge in [-0.1, -0.05) is 24.3 Å². The number of aromatic hydroxyl groups is 4. The van der Waals surface area contributed by atoms with E-state index in [4.69, 9.17) is 20.4 Å². The number of hydrogen-bond acceptors (Lipinski definition) is 8. The van der Waals surface area contributed by atoms with E-state index in [1.807, 2.05) is 0 Å². The first-order valence-electron chi connectivity index (χ1n) is 7.01. The van der Waals surface area contributed by atoms with Crippen molar-refractivity contribution in [3.05, 3.63) is 59.7 Å². The predicted octanol–water partition coefficient (Wildman–Crippen LogP) is -0.659. The Hall–Kier alpha value is -2.37. The summed E-state index contributed by atoms with van der Waals surface area (Å²) >= 11 is 0. The zero-order valence-corrected chi connectivity index (χ0v) is 18.3. The van der Waals surface area contributed by atoms with Crippen molar-refractivity contribution in [1.82, 2.24) is 0 Å². The van der Waals surface area contributed by atoms with Crippen LogP contribution in [0.1, 0.15) is 11.1 Å². The van der Waals surface area contributed by atoms with E-state index in [2.05, 4.69) is 0 Å². The van der Waals surface area contributed by atoms with E-state index in [1.165, 1.54) is 48.6 Å². The molecule has 136 valence electrons. The van der Waals surface area contributed by atoms with Gasteiger partial charge in [0.25, 0.3) is 0 Å². The van der Waals surface area contributed by atoms with Crippen LogP contribution < -0.4 is 10.2 Å². The van der Waals surface area contributed by atoms with Gasteiger partial charge < -0.3 is 40.2 Å². The van der Waals surface area contributed by atoms with E-state index in [1.54, 1.807) is 0 Å². The fourth-order valence-electron chi connectivity index (χ4n) is 1.62. The molecule has 0 fully saturated rings. The van der Waals surface area contributed by atoms with E-state index in [-0.39, 0.29) is 71.9 Å². The van der Waals surface area contributed by atoms with Gasteiger partial charge in [-0.3, -0.25) is 0 Å². The van der Waals surface area contributed by atoms with Crippen LogP contribution >= 0.6 is 0 Å². The third-order valence-corrected chi connectivity index (χ3v) is 2.82. The molecule has 0 atom stereocenters. The molecule has 27 heavy (non-hydrogen) atoms. The van der Waals surface area contributed by atoms with Crippen molar-refractivity contribution in [2.75, 3.05) is 0 Å². The summed E-state index contributed by atoms with van der Waals surface area (Å²) in [6.45, 7) is 0. The Morgan fingerprint density at radius 3 is 1.26 bits per heavy atom. The molecule has 0 saturated carbocycles. The Bertz CT molecular complexity index is 787. The largest absolute Gasteiger partial charge is 2.00 e. The van der Waals surface area contributed by atoms with Crippen LogP contribution in [-0.2, 0) is 9.59 Å². The van der Waals surface area contributed by atoms with Gasteiger partial charge in [0.2, 0.25) is 0 Å². The minimum atomic E-state index is -1.31. The van der Waals surface area contributed by atoms with E-state index in [0.717, 1.165) is 12.2 Å². The van der Waals surface area contributed by atoms with Crippen LogP contribution in [0.4, 0.5) is 0 Å². The van der Waals surface area contributed by atoms with Crippen molar-refractivity contribution in [3.63, 3.8) is 0 Å². The zero-order chi connectivity index (χ0) is 19.7. The number of rotatable bonds is 4. The average Bonchev–Trinajstić information content (AvgIpc) is 2.57. The molecule has 2 rings (SSSR count). The number of carboxylic acid groups (broad SMARTS) is 2. The SMILES string of the molecule is O=C([O-])/C=C/c1ccc(O)c(O)c1.O=C([O-])/C=C/c1ccc(O)c(O)c1.[Ba+2]. The molecule has 9 heteroatoms. The molecule has 8 nitrogen and oxygen atoms in total. The van der Waals surface area contributed by atoms with Gasteiger partial charge in [-0.2, -0.15) is 0 Å². The van der Waals surface area contributed by atoms with Crippen molar-refractivity contribution >= 4 is 73.0 Å². The number of aliphatic carboxylic acids is 2. The number of carboxylic acids is 2. The van der Waals surface area contributed by atoms with Crippen molar-refractivity contribution in [2.24, 2.45) is 0 Å². The molecule has 0 spiro atoms. The van der Waals surface area contributed by atoms with Gasteiger partial charge in [0.05, 0.1) is 11.9 Å². The molecule has 0 saturated heterocycles. The van der Waals surface area contributed by atoms with Crippen molar-refractivity contribution in [1.29, 1.82) is 0 Å². The second-order valence-electron chi connectivity index (χ2n) is 4.80. The van der Waals surface area contributed by atoms with Crippen LogP contribution in [0.15, 0.2) is 48.6 Å². The van der Waals surface area contributed by atoms with Crippen LogP contribution in [0.3, 0.4) is 0 Å². The third-order valence-electron chi connectivity index (χ3n) is 2.82. The van der Waals surface area contributed by atoms with E-state index >= 15 is 0 Å². The second kappa shape index (κ2) is 12.1. The molecule has 0 aliphatic carbocycles. The first kappa shape index (κ1) is 24.6. The molecule has 0 aliphatic rings. The van der Waals surface area contributed by atoms with Crippen molar-refractivity contribution in [3.8, 4) is 23.0 Å². The summed E-state index contributed by atoms with van der Waals surface area (Å²) in [4.78, 5) is 20.0. The van der Waals surface area contributed by atoms with Crippen LogP contribution in [0.5, 0.6) is 23.0 Å². The summed E-state index contributed by atoms with van der Waals surface area (Å²) in [6.07, 6.45) is 4.20. The molecule has 0 bridgehead atoms. The van der Waals surface area contributed by atoms with Crippen LogP contribution in [-0.4, -0.2) is 81.2 Å². The topological polar surface area (TPSA) is 161 Å². The molecule has 4 N–H and O–H groups in total. The zero-order valence-electron chi connectivity index (χ0n) is 13.9. The average molecular weight is 496 g/mol. The number of phenols is 4. The Labute approximate surface area is 194 Å². The normalized spacial score (nSPS) is 10.1. The van der Waals surface area contributed by atoms with Gasteiger partial charge in [0.1, 0.15) is 0 Å². The van der Waals surface area contributed by atoms with Crippen molar-refractivity contribution in [2.45, 2.75) is 0 Å². The van der Waals surface area contributed by atoms with Crippen LogP contribution in [0.25, 0.3) is 12.2 Å². The minimum Gasteiger partial charge on any atom is -0.545 e. The summed E-state index contributed by atoms with van der Waals surface area (Å²) < 4.78 is 0. The van der Waals surface area contributed by atoms with E-state index in [9.17, 15) is 19.8 Å². The summed E-state index contributed by atoms with van der Waals surface area (Å²) in [6, 6.07) is 7.96. The maximum atomic E-state index is 10.0. The molecule has 0 amide bonds. The number of carbonyl (C=O) groups is 2. The molecule has 2 aromatic carbocycles. The maximum absolute atomic E-state index is 10.0. The number of hydrogen-bond donors (Lipinski definition) is 4. The molecular weight excluding hydrogens is 482 g/mol. The first-order valence-corrected chi connectivity index (χ1v) is 7.01. The Morgan fingerprint density at radius 1 is 0.667 bits per heavy atom. The van der Waals surface area contributed by atoms with Gasteiger partial charge >= 0.3 is 48.9 Å². The fourth-order valence-corrected chi connectivity index (χ4v) is 1.62. The van der Waals surface area contributed by atoms with Crippen LogP contribution in [0.2, 0.25) is 0 Å². The number of carbonyl (C=O) groups excluding carboxylic acids is 2. The quantitative estimate of drug-likeness (QED) is 0.247. The van der Waals surface area contributed by atoms with Gasteiger partial charge in [-0.15, -0.1) is 0 Å². The number of phenolic OH excluding ortho intramolecular Hbond substituents is 4. The molecule has 0 unspecified atom stereocenters. The summed E-state index contributed by atoms with van der Waals surface area (Å²) in [5.41, 5.74) is 0.944. The van der Waals surface area contributed by atoms with Gasteiger partial charge in [-0.05, 0) is 47.5 Å². The van der Waals surface area contributed by atoms with Gasteiger partial charge in [0.15, 0.2) is 23.0 Å². The molecule has 0 radical (unpaired) electrons. The first-order chi connectivity index (χ1) is 12.2. The molecular formula is C18H14BaO8. The summed E-state index contributed by atoms with van der Waals surface area (Å²) in [5.74, 6) is -3.70. The Balaban J connectivity index is 0.000000483. The van der Waals surface area contributed by atoms with Crippen molar-refractivity contribution < 1.29 is 40.2 Å². The van der Waals surface area contributed by atoms with E-state index in [0.29, 0.717) is 11.1 Å². The molecule has 0 aliphatic heterocycles. The maximum Gasteiger partial charge on any atom is 2.00 e. The smallest absolute Gasteiger partial charge is 0.545 e. The Morgan fingerprint density at radius 2 is 1.00 bits per heavy atom. The van der Waals surface area contributed by atoms with Gasteiger partial charge in [-0.25, -0.2) is 0 Å². The molecule has 0 aromatic heterocycles. The van der Waals surface area contributed by atoms with E-state index < -0.39 is 11.9 Å². The predicted molar refractivity (Wildman–Crippen MR) is 93.4 cm³/mol.